The highest BCUT2D eigenvalue weighted by molar-refractivity contribution is 7.80. The van der Waals surface area contributed by atoms with Crippen LogP contribution in [0.2, 0.25) is 0 Å². The first-order chi connectivity index (χ1) is 16.4. The zero-order valence-corrected chi connectivity index (χ0v) is 24.4. The van der Waals surface area contributed by atoms with Crippen molar-refractivity contribution in [2.45, 2.75) is 150 Å². The fourth-order valence-electron chi connectivity index (χ4n) is 3.53. The van der Waals surface area contributed by atoms with Crippen LogP contribution in [0.4, 0.5) is 0 Å². The Morgan fingerprint density at radius 3 is 1.74 bits per heavy atom. The number of carbonyl (C=O) groups is 1. The number of rotatable bonds is 20. The number of nitrogens with one attached hydrogen (secondary N) is 2. The summed E-state index contributed by atoms with van der Waals surface area (Å²) in [6, 6.07) is 0. The maximum Gasteiger partial charge on any atom is 0.397 e. The Morgan fingerprint density at radius 2 is 1.34 bits per heavy atom. The molecule has 0 aromatic rings. The van der Waals surface area contributed by atoms with E-state index >= 15 is 0 Å². The summed E-state index contributed by atoms with van der Waals surface area (Å²) in [7, 11) is -4.17. The summed E-state index contributed by atoms with van der Waals surface area (Å²) in [6.07, 6.45) is 23.1. The van der Waals surface area contributed by atoms with Crippen molar-refractivity contribution in [1.29, 1.82) is 0 Å². The van der Waals surface area contributed by atoms with Crippen molar-refractivity contribution < 1.29 is 21.9 Å². The fourth-order valence-corrected chi connectivity index (χ4v) is 3.83. The second kappa shape index (κ2) is 23.4. The van der Waals surface area contributed by atoms with E-state index < -0.39 is 10.4 Å². The summed E-state index contributed by atoms with van der Waals surface area (Å²) in [4.78, 5) is 12.1. The van der Waals surface area contributed by atoms with E-state index in [0.29, 0.717) is 6.42 Å². The summed E-state index contributed by atoms with van der Waals surface area (Å²) < 4.78 is 30.7. The largest absolute Gasteiger partial charge is 0.397 e. The molecule has 0 heterocycles. The molecule has 0 bridgehead atoms. The minimum Gasteiger partial charge on any atom is -0.341 e. The molecule has 1 unspecified atom stereocenters. The molecule has 1 atom stereocenters. The number of carbonyl (C=O) groups excluding carboxylic acids is 1. The fraction of sp³-hybridized carbons (Fsp3) is 0.889. The maximum atomic E-state index is 12.1. The first-order valence-corrected chi connectivity index (χ1v) is 15.2. The lowest BCUT2D eigenvalue weighted by Crippen LogP contribution is -2.52. The van der Waals surface area contributed by atoms with Crippen molar-refractivity contribution >= 4 is 16.3 Å². The maximum absolute atomic E-state index is 12.1. The lowest BCUT2D eigenvalue weighted by molar-refractivity contribution is -0.122. The lowest BCUT2D eigenvalue weighted by Gasteiger charge is -2.28. The van der Waals surface area contributed by atoms with Gasteiger partial charge < -0.3 is 5.32 Å². The van der Waals surface area contributed by atoms with Gasteiger partial charge in [0.1, 0.15) is 0 Å². The summed E-state index contributed by atoms with van der Waals surface area (Å²) >= 11 is 0. The average Bonchev–Trinajstić information content (AvgIpc) is 2.74. The van der Waals surface area contributed by atoms with Gasteiger partial charge in [0.2, 0.25) is 5.91 Å². The topological polar surface area (TPSA) is 105 Å². The minimum atomic E-state index is -4.17. The van der Waals surface area contributed by atoms with Gasteiger partial charge in [-0.3, -0.25) is 14.7 Å². The molecule has 0 spiro atoms. The standard InChI is InChI=1S/C25H50N2O.C2H6O4S/c1-6-8-9-10-11-12-13-14-15-16-17-18-19-20-21-22-24(28)26-23(7-2)27-25(3,4)5;1-2-6-7(3,4)5/h14-15,23,27H,6-13,16-22H2,1-5H3,(H,26,28);2H2,1H3,(H,3,4,5)/b15-14-;. The van der Waals surface area contributed by atoms with Crippen molar-refractivity contribution in [1.82, 2.24) is 10.6 Å². The summed E-state index contributed by atoms with van der Waals surface area (Å²) in [5.41, 5.74) is 0.0248. The zero-order valence-electron chi connectivity index (χ0n) is 23.5. The van der Waals surface area contributed by atoms with Crippen LogP contribution in [-0.2, 0) is 19.4 Å². The molecule has 35 heavy (non-hydrogen) atoms. The first kappa shape index (κ1) is 36.2. The molecular weight excluding hydrogens is 464 g/mol. The third kappa shape index (κ3) is 33.0. The summed E-state index contributed by atoms with van der Waals surface area (Å²) in [5.74, 6) is 0.182. The molecule has 0 aromatic heterocycles. The van der Waals surface area contributed by atoms with E-state index in [4.69, 9.17) is 4.55 Å². The highest BCUT2D eigenvalue weighted by atomic mass is 32.3. The second-order valence-electron chi connectivity index (χ2n) is 10.1. The quantitative estimate of drug-likeness (QED) is 0.0685. The monoisotopic (exact) mass is 520 g/mol. The highest BCUT2D eigenvalue weighted by Gasteiger charge is 2.17. The predicted octanol–water partition coefficient (Wildman–Crippen LogP) is 7.09. The predicted molar refractivity (Wildman–Crippen MR) is 148 cm³/mol. The second-order valence-corrected chi connectivity index (χ2v) is 11.2. The van der Waals surface area contributed by atoms with E-state index in [-0.39, 0.29) is 24.2 Å². The van der Waals surface area contributed by atoms with Crippen LogP contribution < -0.4 is 10.6 Å². The van der Waals surface area contributed by atoms with Crippen LogP contribution in [-0.4, -0.2) is 37.2 Å². The third-order valence-electron chi connectivity index (χ3n) is 5.28. The van der Waals surface area contributed by atoms with E-state index in [1.807, 2.05) is 0 Å². The van der Waals surface area contributed by atoms with Gasteiger partial charge in [-0.15, -0.1) is 0 Å². The molecule has 3 N–H and O–H groups in total. The molecule has 7 nitrogen and oxygen atoms in total. The summed E-state index contributed by atoms with van der Waals surface area (Å²) in [6.45, 7) is 12.2. The van der Waals surface area contributed by atoms with Crippen LogP contribution in [0.15, 0.2) is 12.2 Å². The molecule has 0 fully saturated rings. The SMILES string of the molecule is CCCCCCCC/C=C\CCCCCCCC(=O)NC(CC)NC(C)(C)C.CCOS(=O)(=O)O. The number of amides is 1. The molecule has 0 saturated carbocycles. The number of unbranched alkanes of at least 4 members (excludes halogenated alkanes) is 11. The van der Waals surface area contributed by atoms with E-state index in [1.165, 1.54) is 84.0 Å². The van der Waals surface area contributed by atoms with Crippen molar-refractivity contribution in [2.75, 3.05) is 6.61 Å². The van der Waals surface area contributed by atoms with Gasteiger partial charge in [-0.25, -0.2) is 4.18 Å². The van der Waals surface area contributed by atoms with E-state index in [1.54, 1.807) is 0 Å². The number of hydrogen-bond acceptors (Lipinski definition) is 5. The van der Waals surface area contributed by atoms with Gasteiger partial charge in [0.05, 0.1) is 12.8 Å². The van der Waals surface area contributed by atoms with Gasteiger partial charge in [0.15, 0.2) is 0 Å². The molecule has 210 valence electrons. The van der Waals surface area contributed by atoms with E-state index in [0.717, 1.165) is 12.8 Å². The molecule has 0 aliphatic rings. The highest BCUT2D eigenvalue weighted by Crippen LogP contribution is 2.10. The Bertz CT molecular complexity index is 616. The smallest absolute Gasteiger partial charge is 0.341 e. The van der Waals surface area contributed by atoms with Crippen LogP contribution >= 0.6 is 0 Å². The van der Waals surface area contributed by atoms with Gasteiger partial charge >= 0.3 is 10.4 Å². The Labute approximate surface area is 217 Å². The Balaban J connectivity index is 0. The molecule has 0 saturated heterocycles. The normalized spacial score (nSPS) is 12.9. The van der Waals surface area contributed by atoms with Gasteiger partial charge in [0, 0.05) is 12.0 Å². The Kier molecular flexibility index (Phi) is 24.2. The van der Waals surface area contributed by atoms with E-state index in [2.05, 4.69) is 61.6 Å². The number of hydrogen-bond donors (Lipinski definition) is 3. The van der Waals surface area contributed by atoms with E-state index in [9.17, 15) is 13.2 Å². The first-order valence-electron chi connectivity index (χ1n) is 13.8. The Morgan fingerprint density at radius 1 is 0.857 bits per heavy atom. The molecule has 0 aliphatic carbocycles. The molecule has 0 aromatic carbocycles. The van der Waals surface area contributed by atoms with Crippen LogP contribution in [0.25, 0.3) is 0 Å². The van der Waals surface area contributed by atoms with Gasteiger partial charge in [-0.05, 0) is 66.2 Å². The zero-order chi connectivity index (χ0) is 27.0. The van der Waals surface area contributed by atoms with Gasteiger partial charge in [0.25, 0.3) is 0 Å². The van der Waals surface area contributed by atoms with Crippen molar-refractivity contribution in [3.05, 3.63) is 12.2 Å². The molecule has 0 rings (SSSR count). The lowest BCUT2D eigenvalue weighted by atomic mass is 10.1. The van der Waals surface area contributed by atoms with Crippen LogP contribution in [0.1, 0.15) is 138 Å². The molecule has 1 amide bonds. The molecule has 0 aliphatic heterocycles. The third-order valence-corrected chi connectivity index (χ3v) is 5.82. The molecule has 8 heteroatoms. The molecule has 0 radical (unpaired) electrons. The van der Waals surface area contributed by atoms with Crippen molar-refractivity contribution in [2.24, 2.45) is 0 Å². The van der Waals surface area contributed by atoms with Crippen molar-refractivity contribution in [3.8, 4) is 0 Å². The van der Waals surface area contributed by atoms with Gasteiger partial charge in [-0.2, -0.15) is 8.42 Å². The summed E-state index contributed by atoms with van der Waals surface area (Å²) in [5, 5.41) is 6.57. The minimum absolute atomic E-state index is 0.0248. The van der Waals surface area contributed by atoms with Crippen molar-refractivity contribution in [3.63, 3.8) is 0 Å². The van der Waals surface area contributed by atoms with Crippen LogP contribution in [0.5, 0.6) is 0 Å². The van der Waals surface area contributed by atoms with Crippen LogP contribution in [0, 0.1) is 0 Å². The molecular formula is C27H56N2O5S. The van der Waals surface area contributed by atoms with Gasteiger partial charge in [-0.1, -0.05) is 77.4 Å². The van der Waals surface area contributed by atoms with Crippen LogP contribution in [0.3, 0.4) is 0 Å². The average molecular weight is 521 g/mol. The Hall–Kier alpha value is -0.960. The number of allylic oxidation sites excluding steroid dienone is 2.